The van der Waals surface area contributed by atoms with Gasteiger partial charge in [0, 0.05) is 77.7 Å². The summed E-state index contributed by atoms with van der Waals surface area (Å²) in [6, 6.07) is -0.972. The smallest absolute Gasteiger partial charge is 0.320 e. The molecule has 0 saturated carbocycles. The molecule has 1 unspecified atom stereocenters. The summed E-state index contributed by atoms with van der Waals surface area (Å²) >= 11 is 0. The predicted molar refractivity (Wildman–Crippen MR) is 177 cm³/mol. The summed E-state index contributed by atoms with van der Waals surface area (Å²) in [5, 5.41) is 31.7. The second kappa shape index (κ2) is 25.1. The Morgan fingerprint density at radius 1 is 0.660 bits per heavy atom. The first-order valence-electron chi connectivity index (χ1n) is 17.2. The molecular weight excluding hydrogens is 610 g/mol. The van der Waals surface area contributed by atoms with Gasteiger partial charge in [0.15, 0.2) is 0 Å². The summed E-state index contributed by atoms with van der Waals surface area (Å²) in [5.74, 6) is -2.88. The van der Waals surface area contributed by atoms with Crippen LogP contribution in [0.3, 0.4) is 0 Å². The van der Waals surface area contributed by atoms with Gasteiger partial charge < -0.3 is 25.4 Å². The molecule has 1 atom stereocenters. The average molecular weight is 670 g/mol. The number of aliphatic carboxylic acids is 3. The van der Waals surface area contributed by atoms with Crippen LogP contribution in [0.1, 0.15) is 84.5 Å². The minimum atomic E-state index is -1.07. The van der Waals surface area contributed by atoms with Crippen molar-refractivity contribution >= 4 is 35.9 Å². The molecule has 0 aromatic rings. The van der Waals surface area contributed by atoms with E-state index in [4.69, 9.17) is 0 Å². The molecule has 1 saturated heterocycles. The van der Waals surface area contributed by atoms with Gasteiger partial charge in [0.2, 0.25) is 5.91 Å². The number of carbonyl (C=O) groups excluding carboxylic acids is 3. The first kappa shape index (κ1) is 42.1. The molecule has 1 amide bonds. The van der Waals surface area contributed by atoms with E-state index in [-0.39, 0.29) is 70.5 Å². The number of unbranched alkanes of at least 4 members (excludes halogenated alkanes) is 7. The second-order valence-corrected chi connectivity index (χ2v) is 12.8. The number of carbonyl (C=O) groups is 6. The number of carboxylic acids is 3. The van der Waals surface area contributed by atoms with Crippen LogP contribution >= 0.6 is 0 Å². The van der Waals surface area contributed by atoms with Crippen molar-refractivity contribution in [3.05, 3.63) is 0 Å². The van der Waals surface area contributed by atoms with E-state index in [2.05, 4.69) is 5.32 Å². The first-order valence-corrected chi connectivity index (χ1v) is 17.2. The molecule has 0 aromatic heterocycles. The topological polar surface area (TPSA) is 188 Å². The average Bonchev–Trinajstić information content (AvgIpc) is 2.99. The van der Waals surface area contributed by atoms with Gasteiger partial charge in [0.25, 0.3) is 0 Å². The highest BCUT2D eigenvalue weighted by atomic mass is 16.4. The molecule has 0 aromatic carbocycles. The third-order valence-electron chi connectivity index (χ3n) is 8.61. The standard InChI is InChI=1S/C33H59N5O9/c1-27(2)29(40)11-9-7-5-3-4-6-8-10-14-34-30(41)13-12-28(33(46)47)38-21-19-35(23-24-39)15-16-36(25-31(42)43)17-18-37(20-22-38)26-32(44)45/h24,27-28H,3-23,25-26H2,1-2H3,(H,34,41)(H,42,43)(H,44,45)(H,46,47). The number of aldehydes is 1. The Bertz CT molecular complexity index is 965. The molecule has 1 rings (SSSR count). The maximum atomic E-state index is 12.6. The van der Waals surface area contributed by atoms with Gasteiger partial charge in [-0.1, -0.05) is 52.4 Å². The van der Waals surface area contributed by atoms with Gasteiger partial charge in [-0.2, -0.15) is 0 Å². The van der Waals surface area contributed by atoms with Gasteiger partial charge in [-0.15, -0.1) is 0 Å². The lowest BCUT2D eigenvalue weighted by Crippen LogP contribution is -2.51. The predicted octanol–water partition coefficient (Wildman–Crippen LogP) is 1.66. The van der Waals surface area contributed by atoms with Crippen LogP contribution in [-0.2, 0) is 28.8 Å². The molecule has 0 bridgehead atoms. The van der Waals surface area contributed by atoms with E-state index in [0.717, 1.165) is 57.7 Å². The number of hydrogen-bond acceptors (Lipinski definition) is 10. The summed E-state index contributed by atoms with van der Waals surface area (Å²) in [7, 11) is 0. The van der Waals surface area contributed by atoms with Crippen LogP contribution < -0.4 is 5.32 Å². The Balaban J connectivity index is 2.59. The van der Waals surface area contributed by atoms with E-state index in [1.165, 1.54) is 0 Å². The summed E-state index contributed by atoms with van der Waals surface area (Å²) in [6.07, 6.45) is 9.89. The SMILES string of the molecule is CC(C)C(=O)CCCCCCCCCCNC(=O)CCC(C(=O)O)N1CCN(CC=O)CCN(CC(=O)O)CCN(CC(=O)O)CC1. The summed E-state index contributed by atoms with van der Waals surface area (Å²) in [4.78, 5) is 77.8. The highest BCUT2D eigenvalue weighted by Crippen LogP contribution is 2.13. The van der Waals surface area contributed by atoms with Crippen LogP contribution in [0.15, 0.2) is 0 Å². The molecule has 1 heterocycles. The molecule has 0 aliphatic carbocycles. The van der Waals surface area contributed by atoms with E-state index in [0.29, 0.717) is 44.9 Å². The maximum Gasteiger partial charge on any atom is 0.320 e. The molecule has 47 heavy (non-hydrogen) atoms. The Kier molecular flexibility index (Phi) is 22.5. The first-order chi connectivity index (χ1) is 22.4. The zero-order valence-electron chi connectivity index (χ0n) is 28.6. The fourth-order valence-corrected chi connectivity index (χ4v) is 5.67. The van der Waals surface area contributed by atoms with Crippen LogP contribution in [0, 0.1) is 5.92 Å². The second-order valence-electron chi connectivity index (χ2n) is 12.8. The maximum absolute atomic E-state index is 12.6. The quantitative estimate of drug-likeness (QED) is 0.0910. The zero-order chi connectivity index (χ0) is 35.0. The molecule has 14 heteroatoms. The van der Waals surface area contributed by atoms with Crippen molar-refractivity contribution in [1.82, 2.24) is 24.9 Å². The van der Waals surface area contributed by atoms with E-state index < -0.39 is 23.9 Å². The minimum absolute atomic E-state index is 0.0355. The van der Waals surface area contributed by atoms with E-state index in [1.54, 1.807) is 14.7 Å². The molecule has 4 N–H and O–H groups in total. The van der Waals surface area contributed by atoms with Gasteiger partial charge in [-0.3, -0.25) is 43.6 Å². The summed E-state index contributed by atoms with van der Waals surface area (Å²) in [6.45, 7) is 6.47. The van der Waals surface area contributed by atoms with E-state index in [9.17, 15) is 44.1 Å². The van der Waals surface area contributed by atoms with Gasteiger partial charge in [-0.05, 0) is 19.3 Å². The van der Waals surface area contributed by atoms with Gasteiger partial charge in [-0.25, -0.2) is 0 Å². The molecule has 1 aliphatic heterocycles. The van der Waals surface area contributed by atoms with Gasteiger partial charge in [0.1, 0.15) is 18.1 Å². The number of nitrogens with zero attached hydrogens (tertiary/aromatic N) is 4. The normalized spacial score (nSPS) is 17.0. The molecule has 1 fully saturated rings. The van der Waals surface area contributed by atoms with Crippen molar-refractivity contribution in [1.29, 1.82) is 0 Å². The van der Waals surface area contributed by atoms with Crippen molar-refractivity contribution in [2.45, 2.75) is 90.5 Å². The van der Waals surface area contributed by atoms with Crippen molar-refractivity contribution < 1.29 is 44.1 Å². The number of Topliss-reactive ketones (excluding diaryl/α,β-unsaturated/α-hetero) is 1. The van der Waals surface area contributed by atoms with E-state index >= 15 is 0 Å². The Morgan fingerprint density at radius 3 is 1.62 bits per heavy atom. The number of ketones is 1. The molecule has 14 nitrogen and oxygen atoms in total. The lowest BCUT2D eigenvalue weighted by Gasteiger charge is -2.35. The zero-order valence-corrected chi connectivity index (χ0v) is 28.6. The number of rotatable bonds is 23. The molecule has 0 radical (unpaired) electrons. The van der Waals surface area contributed by atoms with Crippen LogP contribution in [-0.4, -0.2) is 155 Å². The Hall–Kier alpha value is -2.94. The third kappa shape index (κ3) is 20.8. The van der Waals surface area contributed by atoms with Crippen LogP contribution in [0.2, 0.25) is 0 Å². The van der Waals surface area contributed by atoms with E-state index in [1.807, 2.05) is 18.7 Å². The Labute approximate surface area is 279 Å². The van der Waals surface area contributed by atoms with Gasteiger partial charge >= 0.3 is 17.9 Å². The fraction of sp³-hybridized carbons (Fsp3) is 0.818. The lowest BCUT2D eigenvalue weighted by molar-refractivity contribution is -0.144. The van der Waals surface area contributed by atoms with Crippen molar-refractivity contribution in [2.24, 2.45) is 5.92 Å². The van der Waals surface area contributed by atoms with Crippen LogP contribution in [0.5, 0.6) is 0 Å². The third-order valence-corrected chi connectivity index (χ3v) is 8.61. The Morgan fingerprint density at radius 2 is 1.13 bits per heavy atom. The summed E-state index contributed by atoms with van der Waals surface area (Å²) in [5.41, 5.74) is 0. The summed E-state index contributed by atoms with van der Waals surface area (Å²) < 4.78 is 0. The highest BCUT2D eigenvalue weighted by Gasteiger charge is 2.28. The van der Waals surface area contributed by atoms with Crippen molar-refractivity contribution in [3.8, 4) is 0 Å². The largest absolute Gasteiger partial charge is 0.480 e. The van der Waals surface area contributed by atoms with Gasteiger partial charge in [0.05, 0.1) is 19.6 Å². The number of nitrogens with one attached hydrogen (secondary N) is 1. The lowest BCUT2D eigenvalue weighted by atomic mass is 10.0. The minimum Gasteiger partial charge on any atom is -0.480 e. The van der Waals surface area contributed by atoms with Crippen molar-refractivity contribution in [3.63, 3.8) is 0 Å². The number of amides is 1. The van der Waals surface area contributed by atoms with Crippen LogP contribution in [0.4, 0.5) is 0 Å². The molecule has 270 valence electrons. The number of carboxylic acid groups (broad SMARTS) is 3. The molecule has 0 spiro atoms. The van der Waals surface area contributed by atoms with Crippen LogP contribution in [0.25, 0.3) is 0 Å². The molecular formula is C33H59N5O9. The number of hydrogen-bond donors (Lipinski definition) is 4. The fourth-order valence-electron chi connectivity index (χ4n) is 5.67. The van der Waals surface area contributed by atoms with Crippen molar-refractivity contribution in [2.75, 3.05) is 78.5 Å². The monoisotopic (exact) mass is 669 g/mol. The highest BCUT2D eigenvalue weighted by molar-refractivity contribution is 5.80. The molecule has 1 aliphatic rings.